The van der Waals surface area contributed by atoms with Crippen LogP contribution in [-0.2, 0) is 4.79 Å². The van der Waals surface area contributed by atoms with Crippen LogP contribution in [0, 0.1) is 12.7 Å². The maximum absolute atomic E-state index is 13.1. The number of aryl methyl sites for hydroxylation is 1. The predicted octanol–water partition coefficient (Wildman–Crippen LogP) is 3.85. The minimum Gasteiger partial charge on any atom is -0.388 e. The van der Waals surface area contributed by atoms with Crippen molar-refractivity contribution in [1.82, 2.24) is 0 Å². The van der Waals surface area contributed by atoms with Gasteiger partial charge >= 0.3 is 0 Å². The molecule has 2 rings (SSSR count). The monoisotopic (exact) mass is 307 g/mol. The van der Waals surface area contributed by atoms with Gasteiger partial charge in [0.2, 0.25) is 5.91 Å². The molecule has 0 bridgehead atoms. The fourth-order valence-electron chi connectivity index (χ4n) is 1.91. The van der Waals surface area contributed by atoms with E-state index >= 15 is 0 Å². The molecule has 0 aromatic heterocycles. The molecule has 0 fully saturated rings. The third kappa shape index (κ3) is 4.28. The Balaban J connectivity index is 2.01. The van der Waals surface area contributed by atoms with E-state index < -0.39 is 11.9 Å². The lowest BCUT2D eigenvalue weighted by molar-refractivity contribution is -0.118. The molecule has 2 aromatic rings. The predicted molar refractivity (Wildman–Crippen MR) is 80.8 cm³/mol. The molecule has 0 aliphatic carbocycles. The summed E-state index contributed by atoms with van der Waals surface area (Å²) in [6, 6.07) is 10.8. The lowest BCUT2D eigenvalue weighted by Crippen LogP contribution is -2.16. The Morgan fingerprint density at radius 1 is 1.29 bits per heavy atom. The molecule has 0 heterocycles. The molecule has 0 spiro atoms. The summed E-state index contributed by atoms with van der Waals surface area (Å²) in [5.74, 6) is -0.805. The second-order valence-corrected chi connectivity index (χ2v) is 5.22. The molecule has 21 heavy (non-hydrogen) atoms. The molecule has 2 N–H and O–H groups in total. The van der Waals surface area contributed by atoms with Crippen LogP contribution < -0.4 is 5.32 Å². The smallest absolute Gasteiger partial charge is 0.227 e. The number of hydrogen-bond donors (Lipinski definition) is 2. The van der Waals surface area contributed by atoms with Crippen LogP contribution in [0.15, 0.2) is 42.5 Å². The number of anilines is 1. The van der Waals surface area contributed by atoms with Crippen molar-refractivity contribution < 1.29 is 14.3 Å². The summed E-state index contributed by atoms with van der Waals surface area (Å²) in [6.45, 7) is 1.77. The Bertz CT molecular complexity index is 643. The van der Waals surface area contributed by atoms with E-state index in [0.29, 0.717) is 16.3 Å². The zero-order valence-electron chi connectivity index (χ0n) is 11.4. The van der Waals surface area contributed by atoms with Crippen LogP contribution >= 0.6 is 11.6 Å². The number of halogens is 2. The van der Waals surface area contributed by atoms with E-state index in [9.17, 15) is 14.3 Å². The standard InChI is InChI=1S/C16H15ClFNO2/c1-10-2-7-13(18)8-14(10)19-16(21)9-15(20)11-3-5-12(17)6-4-11/h2-8,15,20H,9H2,1H3,(H,19,21). The molecule has 1 amide bonds. The van der Waals surface area contributed by atoms with Gasteiger partial charge < -0.3 is 10.4 Å². The van der Waals surface area contributed by atoms with Crippen LogP contribution in [0.4, 0.5) is 10.1 Å². The van der Waals surface area contributed by atoms with E-state index in [4.69, 9.17) is 11.6 Å². The SMILES string of the molecule is Cc1ccc(F)cc1NC(=O)CC(O)c1ccc(Cl)cc1. The number of aliphatic hydroxyl groups is 1. The normalized spacial score (nSPS) is 12.0. The van der Waals surface area contributed by atoms with Gasteiger partial charge in [-0.1, -0.05) is 29.8 Å². The average molecular weight is 308 g/mol. The summed E-state index contributed by atoms with van der Waals surface area (Å²) in [7, 11) is 0. The highest BCUT2D eigenvalue weighted by Crippen LogP contribution is 2.21. The summed E-state index contributed by atoms with van der Waals surface area (Å²) in [5, 5.41) is 13.2. The number of nitrogens with one attached hydrogen (secondary N) is 1. The molecular formula is C16H15ClFNO2. The Labute approximate surface area is 127 Å². The zero-order valence-corrected chi connectivity index (χ0v) is 12.2. The van der Waals surface area contributed by atoms with Crippen LogP contribution in [0.25, 0.3) is 0 Å². The van der Waals surface area contributed by atoms with Crippen LogP contribution in [-0.4, -0.2) is 11.0 Å². The number of amides is 1. The molecule has 1 unspecified atom stereocenters. The largest absolute Gasteiger partial charge is 0.388 e. The van der Waals surface area contributed by atoms with Crippen molar-refractivity contribution in [2.45, 2.75) is 19.4 Å². The lowest BCUT2D eigenvalue weighted by Gasteiger charge is -2.12. The summed E-state index contributed by atoms with van der Waals surface area (Å²) >= 11 is 5.77. The van der Waals surface area contributed by atoms with Crippen molar-refractivity contribution in [1.29, 1.82) is 0 Å². The first kappa shape index (κ1) is 15.5. The Morgan fingerprint density at radius 2 is 1.95 bits per heavy atom. The summed E-state index contributed by atoms with van der Waals surface area (Å²) < 4.78 is 13.1. The van der Waals surface area contributed by atoms with Crippen LogP contribution in [0.3, 0.4) is 0 Å². The second kappa shape index (κ2) is 6.70. The van der Waals surface area contributed by atoms with Crippen molar-refractivity contribution in [3.8, 4) is 0 Å². The topological polar surface area (TPSA) is 49.3 Å². The second-order valence-electron chi connectivity index (χ2n) is 4.78. The molecule has 0 saturated heterocycles. The molecular weight excluding hydrogens is 293 g/mol. The highest BCUT2D eigenvalue weighted by molar-refractivity contribution is 6.30. The number of aliphatic hydroxyl groups excluding tert-OH is 1. The Kier molecular flexibility index (Phi) is 4.94. The number of carbonyl (C=O) groups excluding carboxylic acids is 1. The van der Waals surface area contributed by atoms with Crippen molar-refractivity contribution in [2.75, 3.05) is 5.32 Å². The van der Waals surface area contributed by atoms with E-state index in [2.05, 4.69) is 5.32 Å². The number of benzene rings is 2. The van der Waals surface area contributed by atoms with Gasteiger partial charge in [-0.25, -0.2) is 4.39 Å². The Morgan fingerprint density at radius 3 is 2.62 bits per heavy atom. The van der Waals surface area contributed by atoms with Crippen LogP contribution in [0.5, 0.6) is 0 Å². The van der Waals surface area contributed by atoms with Gasteiger partial charge in [0.1, 0.15) is 5.82 Å². The molecule has 5 heteroatoms. The average Bonchev–Trinajstić information content (AvgIpc) is 2.43. The fraction of sp³-hybridized carbons (Fsp3) is 0.188. The van der Waals surface area contributed by atoms with E-state index in [-0.39, 0.29) is 12.3 Å². The summed E-state index contributed by atoms with van der Waals surface area (Å²) in [6.07, 6.45) is -1.05. The van der Waals surface area contributed by atoms with E-state index in [1.54, 1.807) is 37.3 Å². The number of rotatable bonds is 4. The Hall–Kier alpha value is -1.91. The third-order valence-corrected chi connectivity index (χ3v) is 3.36. The van der Waals surface area contributed by atoms with Crippen molar-refractivity contribution in [3.05, 3.63) is 64.4 Å². The minimum atomic E-state index is -0.934. The van der Waals surface area contributed by atoms with Crippen LogP contribution in [0.1, 0.15) is 23.7 Å². The van der Waals surface area contributed by atoms with Gasteiger partial charge in [0.15, 0.2) is 0 Å². The molecule has 0 radical (unpaired) electrons. The highest BCUT2D eigenvalue weighted by atomic mass is 35.5. The van der Waals surface area contributed by atoms with Gasteiger partial charge in [-0.05, 0) is 42.3 Å². The summed E-state index contributed by atoms with van der Waals surface area (Å²) in [4.78, 5) is 11.9. The molecule has 0 aliphatic heterocycles. The van der Waals surface area contributed by atoms with Crippen molar-refractivity contribution in [3.63, 3.8) is 0 Å². The molecule has 1 atom stereocenters. The molecule has 0 aliphatic rings. The van der Waals surface area contributed by atoms with Gasteiger partial charge in [0, 0.05) is 10.7 Å². The maximum Gasteiger partial charge on any atom is 0.227 e. The molecule has 3 nitrogen and oxygen atoms in total. The van der Waals surface area contributed by atoms with Gasteiger partial charge in [-0.15, -0.1) is 0 Å². The highest BCUT2D eigenvalue weighted by Gasteiger charge is 2.14. The van der Waals surface area contributed by atoms with E-state index in [1.807, 2.05) is 0 Å². The summed E-state index contributed by atoms with van der Waals surface area (Å²) in [5.41, 5.74) is 1.76. The van der Waals surface area contributed by atoms with Crippen LogP contribution in [0.2, 0.25) is 5.02 Å². The minimum absolute atomic E-state index is 0.114. The molecule has 2 aromatic carbocycles. The van der Waals surface area contributed by atoms with E-state index in [0.717, 1.165) is 5.56 Å². The first-order valence-corrected chi connectivity index (χ1v) is 6.83. The van der Waals surface area contributed by atoms with Gasteiger partial charge in [-0.3, -0.25) is 4.79 Å². The van der Waals surface area contributed by atoms with Gasteiger partial charge in [0.25, 0.3) is 0 Å². The third-order valence-electron chi connectivity index (χ3n) is 3.11. The van der Waals surface area contributed by atoms with Crippen molar-refractivity contribution >= 4 is 23.2 Å². The van der Waals surface area contributed by atoms with Crippen molar-refractivity contribution in [2.24, 2.45) is 0 Å². The first-order chi connectivity index (χ1) is 9.95. The number of carbonyl (C=O) groups is 1. The first-order valence-electron chi connectivity index (χ1n) is 6.45. The maximum atomic E-state index is 13.1. The quantitative estimate of drug-likeness (QED) is 0.901. The molecule has 0 saturated carbocycles. The lowest BCUT2D eigenvalue weighted by atomic mass is 10.1. The van der Waals surface area contributed by atoms with E-state index in [1.165, 1.54) is 12.1 Å². The molecule has 110 valence electrons. The zero-order chi connectivity index (χ0) is 15.4. The van der Waals surface area contributed by atoms with Gasteiger partial charge in [-0.2, -0.15) is 0 Å². The number of hydrogen-bond acceptors (Lipinski definition) is 2. The fourth-order valence-corrected chi connectivity index (χ4v) is 2.03. The van der Waals surface area contributed by atoms with Gasteiger partial charge in [0.05, 0.1) is 12.5 Å².